The van der Waals surface area contributed by atoms with Crippen molar-refractivity contribution in [1.29, 1.82) is 0 Å². The monoisotopic (exact) mass is 581 g/mol. The van der Waals surface area contributed by atoms with E-state index in [1.807, 2.05) is 6.92 Å². The first-order valence-electron chi connectivity index (χ1n) is 13.2. The molecule has 2 aliphatic rings. The summed E-state index contributed by atoms with van der Waals surface area (Å²) in [6.07, 6.45) is -5.07. The summed E-state index contributed by atoms with van der Waals surface area (Å²) in [5.74, 6) is -0.288. The van der Waals surface area contributed by atoms with Crippen molar-refractivity contribution in [3.63, 3.8) is 0 Å². The van der Waals surface area contributed by atoms with Gasteiger partial charge >= 0.3 is 12.3 Å². The Balaban J connectivity index is 1.61. The van der Waals surface area contributed by atoms with Gasteiger partial charge in [-0.25, -0.2) is 14.8 Å². The van der Waals surface area contributed by atoms with Gasteiger partial charge < -0.3 is 14.9 Å². The van der Waals surface area contributed by atoms with Crippen molar-refractivity contribution in [3.05, 3.63) is 34.5 Å². The molecule has 0 aromatic carbocycles. The van der Waals surface area contributed by atoms with Crippen molar-refractivity contribution < 1.29 is 32.7 Å². The standard InChI is InChI=1S/C27H34F3N5O4S/c1-16-7-8-21(36)34(13-16)14-17(35(25(38)39)26(2,3)4)12-22(37)33-10-9-18-19(15-33)31-24(20-6-5-11-40-20)32-23(18)27(28,29)30/h5-6,11,16-17H,7-10,12-15H2,1-4H3,(H,38,39)/t16-,17+/m1/s1. The number of likely N-dealkylation sites (tertiary alicyclic amines) is 1. The van der Waals surface area contributed by atoms with E-state index in [2.05, 4.69) is 9.97 Å². The Morgan fingerprint density at radius 2 is 1.95 bits per heavy atom. The molecule has 2 aliphatic heterocycles. The SMILES string of the molecule is C[C@@H]1CCC(=O)N(C[C@H](CC(=O)N2CCc3c(nc(-c4cccs4)nc3C(F)(F)F)C2)N(C(=O)O)C(C)(C)C)C1. The predicted octanol–water partition coefficient (Wildman–Crippen LogP) is 4.90. The van der Waals surface area contributed by atoms with Gasteiger partial charge in [0.05, 0.1) is 23.2 Å². The molecule has 1 N–H and O–H groups in total. The van der Waals surface area contributed by atoms with Crippen LogP contribution in [0.5, 0.6) is 0 Å². The van der Waals surface area contributed by atoms with Crippen LogP contribution in [-0.2, 0) is 28.7 Å². The minimum Gasteiger partial charge on any atom is -0.465 e. The van der Waals surface area contributed by atoms with Crippen LogP contribution >= 0.6 is 11.3 Å². The normalized spacial score (nSPS) is 18.9. The fourth-order valence-electron chi connectivity index (χ4n) is 5.48. The number of alkyl halides is 3. The van der Waals surface area contributed by atoms with E-state index in [0.717, 1.165) is 6.42 Å². The first-order valence-corrected chi connectivity index (χ1v) is 14.1. The number of piperidine rings is 1. The number of carbonyl (C=O) groups excluding carboxylic acids is 2. The van der Waals surface area contributed by atoms with Gasteiger partial charge in [-0.3, -0.25) is 14.5 Å². The highest BCUT2D eigenvalue weighted by Crippen LogP contribution is 2.36. The smallest absolute Gasteiger partial charge is 0.433 e. The summed E-state index contributed by atoms with van der Waals surface area (Å²) < 4.78 is 41.8. The van der Waals surface area contributed by atoms with Crippen molar-refractivity contribution in [2.45, 2.75) is 77.7 Å². The zero-order valence-corrected chi connectivity index (χ0v) is 23.8. The fraction of sp³-hybridized carbons (Fsp3) is 0.593. The summed E-state index contributed by atoms with van der Waals surface area (Å²) in [5, 5.41) is 11.8. The topological polar surface area (TPSA) is 107 Å². The van der Waals surface area contributed by atoms with Crippen LogP contribution < -0.4 is 0 Å². The maximum absolute atomic E-state index is 13.9. The van der Waals surface area contributed by atoms with E-state index in [4.69, 9.17) is 0 Å². The van der Waals surface area contributed by atoms with E-state index in [1.54, 1.807) is 43.2 Å². The lowest BCUT2D eigenvalue weighted by molar-refractivity contribution is -0.142. The first-order chi connectivity index (χ1) is 18.6. The minimum absolute atomic E-state index is 0.0195. The van der Waals surface area contributed by atoms with E-state index in [0.29, 0.717) is 17.8 Å². The summed E-state index contributed by atoms with van der Waals surface area (Å²) in [5.41, 5.74) is -1.75. The van der Waals surface area contributed by atoms with Crippen LogP contribution in [0.25, 0.3) is 10.7 Å². The molecule has 0 unspecified atom stereocenters. The van der Waals surface area contributed by atoms with Crippen LogP contribution in [-0.4, -0.2) is 78.9 Å². The lowest BCUT2D eigenvalue weighted by Crippen LogP contribution is -2.57. The molecule has 4 heterocycles. The van der Waals surface area contributed by atoms with E-state index in [-0.39, 0.29) is 61.4 Å². The number of amides is 3. The largest absolute Gasteiger partial charge is 0.465 e. The molecule has 1 saturated heterocycles. The van der Waals surface area contributed by atoms with Gasteiger partial charge in [0, 0.05) is 43.6 Å². The number of carbonyl (C=O) groups is 3. The molecule has 9 nitrogen and oxygen atoms in total. The lowest BCUT2D eigenvalue weighted by atomic mass is 9.96. The minimum atomic E-state index is -4.68. The highest BCUT2D eigenvalue weighted by molar-refractivity contribution is 7.13. The fourth-order valence-corrected chi connectivity index (χ4v) is 6.14. The van der Waals surface area contributed by atoms with Crippen LogP contribution in [0.15, 0.2) is 17.5 Å². The second-order valence-electron chi connectivity index (χ2n) is 11.5. The summed E-state index contributed by atoms with van der Waals surface area (Å²) in [7, 11) is 0. The summed E-state index contributed by atoms with van der Waals surface area (Å²) in [4.78, 5) is 51.6. The van der Waals surface area contributed by atoms with Crippen molar-refractivity contribution in [3.8, 4) is 10.7 Å². The zero-order valence-electron chi connectivity index (χ0n) is 23.0. The highest BCUT2D eigenvalue weighted by atomic mass is 32.1. The molecular formula is C27H34F3N5O4S. The zero-order chi connectivity index (χ0) is 29.4. The molecule has 2 aromatic heterocycles. The molecule has 0 aliphatic carbocycles. The Bertz CT molecular complexity index is 1260. The lowest BCUT2D eigenvalue weighted by Gasteiger charge is -2.43. The van der Waals surface area contributed by atoms with E-state index >= 15 is 0 Å². The number of rotatable bonds is 6. The maximum Gasteiger partial charge on any atom is 0.433 e. The molecule has 3 amide bonds. The van der Waals surface area contributed by atoms with Crippen LogP contribution in [0.3, 0.4) is 0 Å². The number of carboxylic acid groups (broad SMARTS) is 1. The predicted molar refractivity (Wildman–Crippen MR) is 142 cm³/mol. The molecule has 2 atom stereocenters. The molecular weight excluding hydrogens is 547 g/mol. The third-order valence-corrected chi connectivity index (χ3v) is 8.16. The van der Waals surface area contributed by atoms with Crippen LogP contribution in [0.4, 0.5) is 18.0 Å². The van der Waals surface area contributed by atoms with Gasteiger partial charge in [0.1, 0.15) is 0 Å². The van der Waals surface area contributed by atoms with Crippen molar-refractivity contribution in [2.75, 3.05) is 19.6 Å². The molecule has 40 heavy (non-hydrogen) atoms. The number of hydrogen-bond donors (Lipinski definition) is 1. The molecule has 2 aromatic rings. The quantitative estimate of drug-likeness (QED) is 0.520. The molecule has 4 rings (SSSR count). The van der Waals surface area contributed by atoms with Gasteiger partial charge in [0.2, 0.25) is 11.8 Å². The summed E-state index contributed by atoms with van der Waals surface area (Å²) in [6.45, 7) is 7.59. The Morgan fingerprint density at radius 3 is 2.55 bits per heavy atom. The van der Waals surface area contributed by atoms with Crippen molar-refractivity contribution in [1.82, 2.24) is 24.7 Å². The number of nitrogens with zero attached hydrogens (tertiary/aromatic N) is 5. The Kier molecular flexibility index (Phi) is 8.44. The van der Waals surface area contributed by atoms with Gasteiger partial charge in [0.15, 0.2) is 11.5 Å². The average Bonchev–Trinajstić information content (AvgIpc) is 3.38. The Hall–Kier alpha value is -3.22. The highest BCUT2D eigenvalue weighted by Gasteiger charge is 2.41. The van der Waals surface area contributed by atoms with Crippen molar-refractivity contribution in [2.24, 2.45) is 5.92 Å². The molecule has 0 radical (unpaired) electrons. The first kappa shape index (κ1) is 29.8. The molecule has 0 spiro atoms. The van der Waals surface area contributed by atoms with Crippen LogP contribution in [0, 0.1) is 5.92 Å². The van der Waals surface area contributed by atoms with E-state index in [1.165, 1.54) is 21.1 Å². The van der Waals surface area contributed by atoms with Crippen molar-refractivity contribution >= 4 is 29.2 Å². The second-order valence-corrected chi connectivity index (χ2v) is 12.4. The number of halogens is 3. The van der Waals surface area contributed by atoms with Gasteiger partial charge in [-0.1, -0.05) is 13.0 Å². The number of thiophene rings is 1. The third kappa shape index (κ3) is 6.56. The van der Waals surface area contributed by atoms with Gasteiger partial charge in [-0.2, -0.15) is 13.2 Å². The Morgan fingerprint density at radius 1 is 1.23 bits per heavy atom. The number of aromatic nitrogens is 2. The van der Waals surface area contributed by atoms with Crippen LogP contribution in [0.2, 0.25) is 0 Å². The number of fused-ring (bicyclic) bond motifs is 1. The van der Waals surface area contributed by atoms with Gasteiger partial charge in [-0.15, -0.1) is 11.3 Å². The Labute approximate surface area is 235 Å². The molecule has 0 saturated carbocycles. The summed E-state index contributed by atoms with van der Waals surface area (Å²) >= 11 is 1.22. The molecule has 13 heteroatoms. The average molecular weight is 582 g/mol. The van der Waals surface area contributed by atoms with Gasteiger partial charge in [0.25, 0.3) is 0 Å². The second kappa shape index (κ2) is 11.3. The third-order valence-electron chi connectivity index (χ3n) is 7.30. The molecule has 218 valence electrons. The molecule has 0 bridgehead atoms. The number of hydrogen-bond acceptors (Lipinski definition) is 6. The van der Waals surface area contributed by atoms with Gasteiger partial charge in [-0.05, 0) is 51.0 Å². The summed E-state index contributed by atoms with van der Waals surface area (Å²) in [6, 6.07) is 2.50. The van der Waals surface area contributed by atoms with E-state index < -0.39 is 35.5 Å². The van der Waals surface area contributed by atoms with Crippen LogP contribution in [0.1, 0.15) is 63.9 Å². The molecule has 1 fully saturated rings. The van der Waals surface area contributed by atoms with E-state index in [9.17, 15) is 32.7 Å². The maximum atomic E-state index is 13.9.